The molecule has 0 saturated carbocycles. The Morgan fingerprint density at radius 2 is 1.68 bits per heavy atom. The van der Waals surface area contributed by atoms with Crippen molar-refractivity contribution in [1.29, 1.82) is 0 Å². The summed E-state index contributed by atoms with van der Waals surface area (Å²) < 4.78 is 1.76. The first-order valence-corrected chi connectivity index (χ1v) is 6.22. The van der Waals surface area contributed by atoms with E-state index in [4.69, 9.17) is 0 Å². The topological polar surface area (TPSA) is 21.5 Å². The van der Waals surface area contributed by atoms with Gasteiger partial charge < -0.3 is 0 Å². The molecule has 4 aromatic rings. The molecule has 0 unspecified atom stereocenters. The minimum absolute atomic E-state index is 0.0270. The zero-order valence-corrected chi connectivity index (χ0v) is 10.3. The summed E-state index contributed by atoms with van der Waals surface area (Å²) in [4.78, 5) is 12.7. The second kappa shape index (κ2) is 3.45. The monoisotopic (exact) mass is 245 g/mol. The molecule has 90 valence electrons. The minimum atomic E-state index is 0.0270. The molecule has 0 aliphatic carbocycles. The van der Waals surface area contributed by atoms with Crippen molar-refractivity contribution < 1.29 is 0 Å². The average Bonchev–Trinajstić information content (AvgIpc) is 2.84. The first kappa shape index (κ1) is 10.3. The lowest BCUT2D eigenvalue weighted by atomic mass is 10.1. The third kappa shape index (κ3) is 1.18. The van der Waals surface area contributed by atoms with Crippen LogP contribution in [0.15, 0.2) is 59.9 Å². The number of fused-ring (bicyclic) bond motifs is 2. The van der Waals surface area contributed by atoms with E-state index in [9.17, 15) is 4.79 Å². The first-order valence-electron chi connectivity index (χ1n) is 6.22. The second-order valence-electron chi connectivity index (χ2n) is 4.70. The molecule has 0 atom stereocenters. The van der Waals surface area contributed by atoms with Gasteiger partial charge >= 0.3 is 0 Å². The van der Waals surface area contributed by atoms with E-state index in [2.05, 4.69) is 12.6 Å². The highest BCUT2D eigenvalue weighted by atomic mass is 16.1. The Labute approximate surface area is 109 Å². The van der Waals surface area contributed by atoms with Crippen molar-refractivity contribution in [2.75, 3.05) is 0 Å². The summed E-state index contributed by atoms with van der Waals surface area (Å²) in [6, 6.07) is 15.9. The largest absolute Gasteiger partial charge is 0.276 e. The molecule has 0 spiro atoms. The van der Waals surface area contributed by atoms with Gasteiger partial charge in [0, 0.05) is 21.9 Å². The van der Waals surface area contributed by atoms with Crippen molar-refractivity contribution in [2.24, 2.45) is 0 Å². The number of rotatable bonds is 1. The maximum atomic E-state index is 12.7. The molecule has 0 aliphatic heterocycles. The molecule has 19 heavy (non-hydrogen) atoms. The molecule has 4 rings (SSSR count). The van der Waals surface area contributed by atoms with Crippen molar-refractivity contribution in [3.8, 4) is 0 Å². The first-order chi connectivity index (χ1) is 9.31. The average molecular weight is 245 g/mol. The van der Waals surface area contributed by atoms with Crippen LogP contribution in [-0.2, 0) is 0 Å². The lowest BCUT2D eigenvalue weighted by molar-refractivity contribution is 1.14. The Morgan fingerprint density at radius 1 is 0.947 bits per heavy atom. The molecule has 0 aliphatic rings. The minimum Gasteiger partial charge on any atom is -0.276 e. The van der Waals surface area contributed by atoms with Gasteiger partial charge in [0.25, 0.3) is 5.56 Å². The lowest BCUT2D eigenvalue weighted by Gasteiger charge is -2.06. The molecule has 2 aromatic heterocycles. The number of hydrogen-bond donors (Lipinski definition) is 0. The van der Waals surface area contributed by atoms with Gasteiger partial charge in [-0.2, -0.15) is 0 Å². The van der Waals surface area contributed by atoms with Crippen LogP contribution in [0.25, 0.3) is 33.1 Å². The number of para-hydroxylation sites is 1. The predicted octanol–water partition coefficient (Wildman–Crippen LogP) is 3.69. The van der Waals surface area contributed by atoms with Crippen LogP contribution in [0.5, 0.6) is 0 Å². The van der Waals surface area contributed by atoms with Crippen LogP contribution >= 0.6 is 0 Å². The van der Waals surface area contributed by atoms with Crippen LogP contribution in [0.4, 0.5) is 0 Å². The molecule has 2 aromatic carbocycles. The third-order valence-electron chi connectivity index (χ3n) is 3.71. The molecular formula is C17H11NO. The van der Waals surface area contributed by atoms with Crippen LogP contribution in [-0.4, -0.2) is 4.40 Å². The fraction of sp³-hybridized carbons (Fsp3) is 0. The van der Waals surface area contributed by atoms with Crippen molar-refractivity contribution in [3.63, 3.8) is 0 Å². The highest BCUT2D eigenvalue weighted by molar-refractivity contribution is 6.12. The van der Waals surface area contributed by atoms with Gasteiger partial charge in [-0.3, -0.25) is 9.20 Å². The molecule has 2 heterocycles. The molecule has 2 heteroatoms. The van der Waals surface area contributed by atoms with Gasteiger partial charge in [-0.1, -0.05) is 43.0 Å². The van der Waals surface area contributed by atoms with Gasteiger partial charge in [-0.15, -0.1) is 0 Å². The van der Waals surface area contributed by atoms with Gasteiger partial charge in [0.05, 0.1) is 5.52 Å². The van der Waals surface area contributed by atoms with E-state index in [0.29, 0.717) is 0 Å². The summed E-state index contributed by atoms with van der Waals surface area (Å²) in [5.74, 6) is 0. The highest BCUT2D eigenvalue weighted by Crippen LogP contribution is 2.29. The quantitative estimate of drug-likeness (QED) is 0.469. The van der Waals surface area contributed by atoms with Crippen molar-refractivity contribution in [3.05, 3.63) is 71.2 Å². The van der Waals surface area contributed by atoms with E-state index in [0.717, 1.165) is 32.8 Å². The number of benzene rings is 2. The van der Waals surface area contributed by atoms with Crippen LogP contribution in [0.2, 0.25) is 0 Å². The predicted molar refractivity (Wildman–Crippen MR) is 80.0 cm³/mol. The maximum Gasteiger partial charge on any atom is 0.263 e. The van der Waals surface area contributed by atoms with Crippen LogP contribution in [0, 0.1) is 0 Å². The van der Waals surface area contributed by atoms with Gasteiger partial charge in [-0.05, 0) is 23.6 Å². The number of nitrogens with zero attached hydrogens (tertiary/aromatic N) is 1. The van der Waals surface area contributed by atoms with Gasteiger partial charge in [0.2, 0.25) is 0 Å². The summed E-state index contributed by atoms with van der Waals surface area (Å²) in [6.07, 6.45) is 1.73. The Balaban J connectivity index is 2.51. The fourth-order valence-corrected chi connectivity index (χ4v) is 2.89. The summed E-state index contributed by atoms with van der Waals surface area (Å²) in [7, 11) is 0. The van der Waals surface area contributed by atoms with E-state index >= 15 is 0 Å². The van der Waals surface area contributed by atoms with E-state index in [1.165, 1.54) is 0 Å². The Hall–Kier alpha value is -2.61. The lowest BCUT2D eigenvalue weighted by Crippen LogP contribution is -2.13. The van der Waals surface area contributed by atoms with Crippen molar-refractivity contribution in [2.45, 2.75) is 0 Å². The van der Waals surface area contributed by atoms with Gasteiger partial charge in [-0.25, -0.2) is 0 Å². The Kier molecular flexibility index (Phi) is 1.88. The standard InChI is InChI=1S/C17H11NO/c1-2-12-10-11-6-5-9-14-13-7-3-4-8-15(13)17(19)18(12)16(11)14/h2-10H,1H2. The smallest absolute Gasteiger partial charge is 0.263 e. The number of aromatic nitrogens is 1. The van der Waals surface area contributed by atoms with E-state index in [1.807, 2.05) is 42.5 Å². The highest BCUT2D eigenvalue weighted by Gasteiger charge is 2.13. The zero-order chi connectivity index (χ0) is 13.0. The molecule has 0 N–H and O–H groups in total. The van der Waals surface area contributed by atoms with E-state index < -0.39 is 0 Å². The van der Waals surface area contributed by atoms with Crippen molar-refractivity contribution >= 4 is 33.1 Å². The third-order valence-corrected chi connectivity index (χ3v) is 3.71. The SMILES string of the molecule is C=Cc1cc2cccc3c4ccccc4c(=O)n1c23. The summed E-state index contributed by atoms with van der Waals surface area (Å²) in [6.45, 7) is 3.81. The van der Waals surface area contributed by atoms with Gasteiger partial charge in [0.15, 0.2) is 0 Å². The summed E-state index contributed by atoms with van der Waals surface area (Å²) >= 11 is 0. The van der Waals surface area contributed by atoms with Crippen LogP contribution in [0.3, 0.4) is 0 Å². The van der Waals surface area contributed by atoms with E-state index in [-0.39, 0.29) is 5.56 Å². The van der Waals surface area contributed by atoms with Crippen molar-refractivity contribution in [1.82, 2.24) is 4.40 Å². The molecule has 0 bridgehead atoms. The molecule has 0 radical (unpaired) electrons. The Morgan fingerprint density at radius 3 is 2.47 bits per heavy atom. The van der Waals surface area contributed by atoms with Crippen LogP contribution < -0.4 is 5.56 Å². The second-order valence-corrected chi connectivity index (χ2v) is 4.70. The molecule has 0 amide bonds. The van der Waals surface area contributed by atoms with Crippen LogP contribution in [0.1, 0.15) is 5.69 Å². The number of hydrogen-bond acceptors (Lipinski definition) is 1. The van der Waals surface area contributed by atoms with Gasteiger partial charge in [0.1, 0.15) is 0 Å². The molecule has 0 saturated heterocycles. The fourth-order valence-electron chi connectivity index (χ4n) is 2.89. The maximum absolute atomic E-state index is 12.7. The van der Waals surface area contributed by atoms with E-state index in [1.54, 1.807) is 10.5 Å². The number of pyridine rings is 1. The summed E-state index contributed by atoms with van der Waals surface area (Å²) in [5.41, 5.74) is 1.86. The zero-order valence-electron chi connectivity index (χ0n) is 10.3. The Bertz CT molecular complexity index is 995. The molecular weight excluding hydrogens is 234 g/mol. The molecule has 0 fully saturated rings. The summed E-state index contributed by atoms with van der Waals surface area (Å²) in [5, 5.41) is 3.96. The normalized spacial score (nSPS) is 11.6. The molecule has 2 nitrogen and oxygen atoms in total.